The van der Waals surface area contributed by atoms with Gasteiger partial charge in [0, 0.05) is 18.5 Å². The SMILES string of the molecule is C=CCOC[C@@H]1CC[C@H]2[C@H]1OCCN2Cc1ccco1. The largest absolute Gasteiger partial charge is 0.468 e. The zero-order valence-electron chi connectivity index (χ0n) is 11.9. The van der Waals surface area contributed by atoms with Crippen LogP contribution in [0.25, 0.3) is 0 Å². The van der Waals surface area contributed by atoms with Gasteiger partial charge in [-0.1, -0.05) is 6.08 Å². The van der Waals surface area contributed by atoms with Crippen LogP contribution >= 0.6 is 0 Å². The lowest BCUT2D eigenvalue weighted by molar-refractivity contribution is -0.0882. The minimum Gasteiger partial charge on any atom is -0.468 e. The summed E-state index contributed by atoms with van der Waals surface area (Å²) in [4.78, 5) is 2.50. The van der Waals surface area contributed by atoms with Crippen LogP contribution in [0.3, 0.4) is 0 Å². The Morgan fingerprint density at radius 2 is 2.40 bits per heavy atom. The highest BCUT2D eigenvalue weighted by Gasteiger charge is 2.42. The van der Waals surface area contributed by atoms with E-state index in [1.165, 1.54) is 12.8 Å². The van der Waals surface area contributed by atoms with Crippen molar-refractivity contribution in [3.8, 4) is 0 Å². The number of fused-ring (bicyclic) bond motifs is 1. The Morgan fingerprint density at radius 1 is 1.45 bits per heavy atom. The molecule has 3 rings (SSSR count). The van der Waals surface area contributed by atoms with E-state index in [-0.39, 0.29) is 0 Å². The van der Waals surface area contributed by atoms with Crippen LogP contribution in [-0.2, 0) is 16.0 Å². The minimum atomic E-state index is 0.309. The zero-order valence-corrected chi connectivity index (χ0v) is 11.9. The maximum absolute atomic E-state index is 6.02. The molecule has 2 heterocycles. The summed E-state index contributed by atoms with van der Waals surface area (Å²) in [7, 11) is 0. The standard InChI is InChI=1S/C16H23NO3/c1-2-8-18-12-13-5-6-15-16(13)20-10-7-17(15)11-14-4-3-9-19-14/h2-4,9,13,15-16H,1,5-8,10-12H2/t13-,15-,16-/m0/s1. The summed E-state index contributed by atoms with van der Waals surface area (Å²) in [5, 5.41) is 0. The van der Waals surface area contributed by atoms with Gasteiger partial charge in [0.2, 0.25) is 0 Å². The molecule has 1 saturated heterocycles. The fourth-order valence-electron chi connectivity index (χ4n) is 3.42. The van der Waals surface area contributed by atoms with Crippen molar-refractivity contribution in [2.45, 2.75) is 31.5 Å². The predicted octanol–water partition coefficient (Wildman–Crippen LogP) is 2.46. The molecule has 1 aliphatic heterocycles. The molecule has 4 nitrogen and oxygen atoms in total. The molecule has 0 unspecified atom stereocenters. The lowest BCUT2D eigenvalue weighted by atomic mass is 10.0. The molecule has 0 bridgehead atoms. The molecule has 2 aliphatic rings. The number of furan rings is 1. The second kappa shape index (κ2) is 6.57. The molecule has 0 radical (unpaired) electrons. The highest BCUT2D eigenvalue weighted by Crippen LogP contribution is 2.35. The molecule has 110 valence electrons. The highest BCUT2D eigenvalue weighted by atomic mass is 16.5. The monoisotopic (exact) mass is 277 g/mol. The van der Waals surface area contributed by atoms with Gasteiger partial charge < -0.3 is 13.9 Å². The zero-order chi connectivity index (χ0) is 13.8. The van der Waals surface area contributed by atoms with Gasteiger partial charge in [-0.15, -0.1) is 6.58 Å². The van der Waals surface area contributed by atoms with E-state index in [1.807, 2.05) is 12.1 Å². The Kier molecular flexibility index (Phi) is 4.55. The first-order valence-electron chi connectivity index (χ1n) is 7.45. The molecule has 4 heteroatoms. The molecular weight excluding hydrogens is 254 g/mol. The van der Waals surface area contributed by atoms with Crippen LogP contribution in [-0.4, -0.2) is 43.4 Å². The first-order valence-corrected chi connectivity index (χ1v) is 7.45. The van der Waals surface area contributed by atoms with Crippen molar-refractivity contribution >= 4 is 0 Å². The van der Waals surface area contributed by atoms with E-state index in [9.17, 15) is 0 Å². The van der Waals surface area contributed by atoms with E-state index >= 15 is 0 Å². The second-order valence-corrected chi connectivity index (χ2v) is 5.62. The molecule has 1 aromatic heterocycles. The van der Waals surface area contributed by atoms with Crippen LogP contribution in [0.4, 0.5) is 0 Å². The van der Waals surface area contributed by atoms with Crippen molar-refractivity contribution in [2.75, 3.05) is 26.4 Å². The van der Waals surface area contributed by atoms with Gasteiger partial charge in [0.1, 0.15) is 5.76 Å². The molecule has 0 N–H and O–H groups in total. The van der Waals surface area contributed by atoms with E-state index in [0.717, 1.165) is 32.1 Å². The maximum atomic E-state index is 6.02. The van der Waals surface area contributed by atoms with Crippen LogP contribution in [0.5, 0.6) is 0 Å². The van der Waals surface area contributed by atoms with Gasteiger partial charge in [-0.05, 0) is 25.0 Å². The Hall–Kier alpha value is -1.10. The van der Waals surface area contributed by atoms with Crippen LogP contribution in [0.15, 0.2) is 35.5 Å². The Balaban J connectivity index is 1.58. The van der Waals surface area contributed by atoms with Crippen molar-refractivity contribution in [1.29, 1.82) is 0 Å². The molecule has 0 spiro atoms. The van der Waals surface area contributed by atoms with Gasteiger partial charge >= 0.3 is 0 Å². The summed E-state index contributed by atoms with van der Waals surface area (Å²) in [6, 6.07) is 4.50. The lowest BCUT2D eigenvalue weighted by Gasteiger charge is -2.38. The molecule has 2 fully saturated rings. The summed E-state index contributed by atoms with van der Waals surface area (Å²) in [5.41, 5.74) is 0. The summed E-state index contributed by atoms with van der Waals surface area (Å²) < 4.78 is 17.1. The van der Waals surface area contributed by atoms with Crippen LogP contribution < -0.4 is 0 Å². The van der Waals surface area contributed by atoms with E-state index in [1.54, 1.807) is 12.3 Å². The average molecular weight is 277 g/mol. The van der Waals surface area contributed by atoms with Gasteiger partial charge in [0.05, 0.1) is 38.7 Å². The fourth-order valence-corrected chi connectivity index (χ4v) is 3.42. The molecule has 20 heavy (non-hydrogen) atoms. The van der Waals surface area contributed by atoms with Gasteiger partial charge in [-0.25, -0.2) is 0 Å². The third-order valence-electron chi connectivity index (χ3n) is 4.34. The number of hydrogen-bond donors (Lipinski definition) is 0. The second-order valence-electron chi connectivity index (χ2n) is 5.62. The summed E-state index contributed by atoms with van der Waals surface area (Å²) >= 11 is 0. The smallest absolute Gasteiger partial charge is 0.117 e. The number of morpholine rings is 1. The van der Waals surface area contributed by atoms with E-state index in [2.05, 4.69) is 11.5 Å². The molecule has 0 amide bonds. The molecular formula is C16H23NO3. The summed E-state index contributed by atoms with van der Waals surface area (Å²) in [5.74, 6) is 1.55. The molecule has 1 aliphatic carbocycles. The average Bonchev–Trinajstić information content (AvgIpc) is 3.10. The lowest BCUT2D eigenvalue weighted by Crippen LogP contribution is -2.50. The third kappa shape index (κ3) is 2.97. The number of rotatable bonds is 6. The quantitative estimate of drug-likeness (QED) is 0.591. The van der Waals surface area contributed by atoms with Gasteiger partial charge in [-0.2, -0.15) is 0 Å². The first kappa shape index (κ1) is 13.9. The number of nitrogens with zero attached hydrogens (tertiary/aromatic N) is 1. The highest BCUT2D eigenvalue weighted by molar-refractivity contribution is 5.01. The van der Waals surface area contributed by atoms with Crippen LogP contribution in [0.1, 0.15) is 18.6 Å². The van der Waals surface area contributed by atoms with Crippen molar-refractivity contribution in [2.24, 2.45) is 5.92 Å². The van der Waals surface area contributed by atoms with Crippen molar-refractivity contribution in [3.05, 3.63) is 36.8 Å². The fraction of sp³-hybridized carbons (Fsp3) is 0.625. The van der Waals surface area contributed by atoms with Crippen LogP contribution in [0, 0.1) is 5.92 Å². The Labute approximate surface area is 120 Å². The predicted molar refractivity (Wildman–Crippen MR) is 76.4 cm³/mol. The van der Waals surface area contributed by atoms with E-state index < -0.39 is 0 Å². The molecule has 1 aromatic rings. The third-order valence-corrected chi connectivity index (χ3v) is 4.34. The van der Waals surface area contributed by atoms with Crippen LogP contribution in [0.2, 0.25) is 0 Å². The summed E-state index contributed by atoms with van der Waals surface area (Å²) in [6.07, 6.45) is 6.23. The Bertz CT molecular complexity index is 417. The number of hydrogen-bond acceptors (Lipinski definition) is 4. The van der Waals surface area contributed by atoms with Gasteiger partial charge in [-0.3, -0.25) is 4.90 Å². The molecule has 3 atom stereocenters. The van der Waals surface area contributed by atoms with Crippen molar-refractivity contribution < 1.29 is 13.9 Å². The molecule has 1 saturated carbocycles. The molecule has 0 aromatic carbocycles. The number of ether oxygens (including phenoxy) is 2. The first-order chi connectivity index (χ1) is 9.88. The summed E-state index contributed by atoms with van der Waals surface area (Å²) in [6.45, 7) is 7.77. The normalized spacial score (nSPS) is 30.3. The van der Waals surface area contributed by atoms with Crippen molar-refractivity contribution in [1.82, 2.24) is 4.90 Å². The topological polar surface area (TPSA) is 34.8 Å². The Morgan fingerprint density at radius 3 is 3.20 bits per heavy atom. The minimum absolute atomic E-state index is 0.309. The maximum Gasteiger partial charge on any atom is 0.117 e. The van der Waals surface area contributed by atoms with Crippen molar-refractivity contribution in [3.63, 3.8) is 0 Å². The van der Waals surface area contributed by atoms with E-state index in [0.29, 0.717) is 24.7 Å². The van der Waals surface area contributed by atoms with E-state index in [4.69, 9.17) is 13.9 Å². The van der Waals surface area contributed by atoms with Gasteiger partial charge in [0.25, 0.3) is 0 Å². The van der Waals surface area contributed by atoms with Gasteiger partial charge in [0.15, 0.2) is 0 Å².